The third-order valence-corrected chi connectivity index (χ3v) is 3.18. The van der Waals surface area contributed by atoms with Crippen LogP contribution in [0, 0.1) is 0 Å². The van der Waals surface area contributed by atoms with Crippen LogP contribution in [0.15, 0.2) is 0 Å². The van der Waals surface area contributed by atoms with E-state index in [0.29, 0.717) is 0 Å². The Morgan fingerprint density at radius 1 is 1.21 bits per heavy atom. The van der Waals surface area contributed by atoms with Crippen molar-refractivity contribution in [1.82, 2.24) is 9.80 Å². The van der Waals surface area contributed by atoms with E-state index >= 15 is 0 Å². The fourth-order valence-corrected chi connectivity index (χ4v) is 2.63. The molecule has 80 valence electrons. The topological polar surface area (TPSA) is 9.49 Å². The van der Waals surface area contributed by atoms with Gasteiger partial charge < -0.3 is 0 Å². The average Bonchev–Trinajstić information content (AvgIpc) is 2.19. The molecule has 1 saturated heterocycles. The lowest BCUT2D eigenvalue weighted by molar-refractivity contribution is -0.515. The van der Waals surface area contributed by atoms with Gasteiger partial charge in [0.1, 0.15) is 0 Å². The zero-order valence-corrected chi connectivity index (χ0v) is 9.50. The molecule has 0 atom stereocenters. The number of fused-ring (bicyclic) bond motifs is 1. The van der Waals surface area contributed by atoms with Gasteiger partial charge in [-0.2, -0.15) is 0 Å². The van der Waals surface area contributed by atoms with E-state index in [-0.39, 0.29) is 0 Å². The van der Waals surface area contributed by atoms with Gasteiger partial charge in [0.25, 0.3) is 0 Å². The SMILES string of the molecule is CCCN1CCCN2CCC[N+](C)=C12. The van der Waals surface area contributed by atoms with Gasteiger partial charge in [-0.3, -0.25) is 14.4 Å². The van der Waals surface area contributed by atoms with Crippen LogP contribution in [0.3, 0.4) is 0 Å². The maximum atomic E-state index is 2.56. The summed E-state index contributed by atoms with van der Waals surface area (Å²) in [6.07, 6.45) is 3.91. The maximum Gasteiger partial charge on any atom is 0.350 e. The Hall–Kier alpha value is -0.730. The highest BCUT2D eigenvalue weighted by molar-refractivity contribution is 5.76. The lowest BCUT2D eigenvalue weighted by Crippen LogP contribution is -2.56. The van der Waals surface area contributed by atoms with Crippen molar-refractivity contribution in [2.45, 2.75) is 26.2 Å². The van der Waals surface area contributed by atoms with Crippen molar-refractivity contribution in [1.29, 1.82) is 0 Å². The molecule has 1 fully saturated rings. The van der Waals surface area contributed by atoms with Gasteiger partial charge in [-0.25, -0.2) is 0 Å². The minimum absolute atomic E-state index is 1.22. The van der Waals surface area contributed by atoms with Crippen LogP contribution >= 0.6 is 0 Å². The summed E-state index contributed by atoms with van der Waals surface area (Å²) in [4.78, 5) is 5.12. The molecular formula is C11H22N3+. The lowest BCUT2D eigenvalue weighted by Gasteiger charge is -2.36. The summed E-state index contributed by atoms with van der Waals surface area (Å²) >= 11 is 0. The van der Waals surface area contributed by atoms with Crippen molar-refractivity contribution < 1.29 is 4.58 Å². The smallest absolute Gasteiger partial charge is 0.267 e. The van der Waals surface area contributed by atoms with Gasteiger partial charge >= 0.3 is 5.96 Å². The largest absolute Gasteiger partial charge is 0.350 e. The van der Waals surface area contributed by atoms with E-state index in [0.717, 1.165) is 0 Å². The predicted octanol–water partition coefficient (Wildman–Crippen LogP) is 0.806. The molecule has 2 aliphatic rings. The highest BCUT2D eigenvalue weighted by atomic mass is 15.4. The Bertz CT molecular complexity index is 233. The van der Waals surface area contributed by atoms with E-state index in [4.69, 9.17) is 0 Å². The van der Waals surface area contributed by atoms with Gasteiger partial charge in [0.15, 0.2) is 0 Å². The summed E-state index contributed by atoms with van der Waals surface area (Å²) < 4.78 is 2.43. The van der Waals surface area contributed by atoms with E-state index in [9.17, 15) is 0 Å². The Kier molecular flexibility index (Phi) is 2.94. The fraction of sp³-hybridized carbons (Fsp3) is 0.909. The van der Waals surface area contributed by atoms with Crippen LogP contribution < -0.4 is 0 Å². The minimum Gasteiger partial charge on any atom is -0.267 e. The zero-order valence-electron chi connectivity index (χ0n) is 9.50. The standard InChI is InChI=1S/C11H22N3/c1-3-6-13-9-5-10-14-8-4-7-12(2)11(13)14/h3-10H2,1-2H3/q+1. The molecule has 0 aromatic heterocycles. The normalized spacial score (nSPS) is 22.7. The summed E-state index contributed by atoms with van der Waals surface area (Å²) in [6, 6.07) is 0. The molecule has 0 radical (unpaired) electrons. The lowest BCUT2D eigenvalue weighted by atomic mass is 10.2. The summed E-state index contributed by atoms with van der Waals surface area (Å²) in [5, 5.41) is 0. The number of rotatable bonds is 2. The monoisotopic (exact) mass is 196 g/mol. The van der Waals surface area contributed by atoms with E-state index in [1.807, 2.05) is 0 Å². The van der Waals surface area contributed by atoms with Crippen molar-refractivity contribution in [3.05, 3.63) is 0 Å². The van der Waals surface area contributed by atoms with Gasteiger partial charge in [-0.1, -0.05) is 6.92 Å². The maximum absolute atomic E-state index is 2.56. The molecule has 0 bridgehead atoms. The van der Waals surface area contributed by atoms with Gasteiger partial charge in [0, 0.05) is 12.8 Å². The molecular weight excluding hydrogens is 174 g/mol. The van der Waals surface area contributed by atoms with Crippen LogP contribution in [0.5, 0.6) is 0 Å². The molecule has 0 aromatic carbocycles. The fourth-order valence-electron chi connectivity index (χ4n) is 2.63. The first-order chi connectivity index (χ1) is 6.83. The van der Waals surface area contributed by atoms with Gasteiger partial charge in [-0.05, 0) is 6.42 Å². The Morgan fingerprint density at radius 2 is 2.00 bits per heavy atom. The van der Waals surface area contributed by atoms with Crippen molar-refractivity contribution >= 4 is 5.96 Å². The molecule has 0 saturated carbocycles. The van der Waals surface area contributed by atoms with Crippen LogP contribution in [-0.4, -0.2) is 60.1 Å². The van der Waals surface area contributed by atoms with E-state index in [1.54, 1.807) is 0 Å². The summed E-state index contributed by atoms with van der Waals surface area (Å²) in [5.41, 5.74) is 0. The van der Waals surface area contributed by atoms with Crippen molar-refractivity contribution in [2.75, 3.05) is 39.8 Å². The second-order valence-corrected chi connectivity index (χ2v) is 4.40. The molecule has 0 aliphatic carbocycles. The summed E-state index contributed by atoms with van der Waals surface area (Å²) in [6.45, 7) is 8.49. The van der Waals surface area contributed by atoms with E-state index in [2.05, 4.69) is 28.3 Å². The van der Waals surface area contributed by atoms with Gasteiger partial charge in [-0.15, -0.1) is 0 Å². The minimum atomic E-state index is 1.22. The molecule has 0 amide bonds. The van der Waals surface area contributed by atoms with E-state index in [1.165, 1.54) is 57.9 Å². The first kappa shape index (κ1) is 9.81. The molecule has 3 nitrogen and oxygen atoms in total. The molecule has 0 aromatic rings. The van der Waals surface area contributed by atoms with Crippen molar-refractivity contribution in [3.63, 3.8) is 0 Å². The average molecular weight is 196 g/mol. The summed E-state index contributed by atoms with van der Waals surface area (Å²) in [5.74, 6) is 1.49. The first-order valence-corrected chi connectivity index (χ1v) is 5.91. The molecule has 14 heavy (non-hydrogen) atoms. The van der Waals surface area contributed by atoms with E-state index < -0.39 is 0 Å². The molecule has 2 rings (SSSR count). The highest BCUT2D eigenvalue weighted by Gasteiger charge is 2.33. The third-order valence-electron chi connectivity index (χ3n) is 3.18. The first-order valence-electron chi connectivity index (χ1n) is 5.91. The van der Waals surface area contributed by atoms with Crippen LogP contribution in [0.2, 0.25) is 0 Å². The number of hydrogen-bond donors (Lipinski definition) is 0. The predicted molar refractivity (Wildman–Crippen MR) is 58.7 cm³/mol. The second-order valence-electron chi connectivity index (χ2n) is 4.40. The van der Waals surface area contributed by atoms with Crippen LogP contribution in [0.25, 0.3) is 0 Å². The molecule has 0 unspecified atom stereocenters. The van der Waals surface area contributed by atoms with Crippen molar-refractivity contribution in [3.8, 4) is 0 Å². The molecule has 0 N–H and O–H groups in total. The molecule has 2 aliphatic heterocycles. The van der Waals surface area contributed by atoms with Crippen molar-refractivity contribution in [2.24, 2.45) is 0 Å². The van der Waals surface area contributed by atoms with Crippen LogP contribution in [0.4, 0.5) is 0 Å². The third kappa shape index (κ3) is 1.72. The molecule has 3 heteroatoms. The van der Waals surface area contributed by atoms with Gasteiger partial charge in [0.05, 0.1) is 39.8 Å². The quantitative estimate of drug-likeness (QED) is 0.605. The van der Waals surface area contributed by atoms with Gasteiger partial charge in [0.2, 0.25) is 0 Å². The second kappa shape index (κ2) is 4.20. The Morgan fingerprint density at radius 3 is 2.79 bits per heavy atom. The Balaban J connectivity index is 2.17. The highest BCUT2D eigenvalue weighted by Crippen LogP contribution is 2.13. The zero-order chi connectivity index (χ0) is 9.97. The number of nitrogens with zero attached hydrogens (tertiary/aromatic N) is 3. The van der Waals surface area contributed by atoms with Crippen LogP contribution in [-0.2, 0) is 0 Å². The number of guanidine groups is 1. The summed E-state index contributed by atoms with van der Waals surface area (Å²) in [7, 11) is 2.23. The number of hydrogen-bond acceptors (Lipinski definition) is 2. The molecule has 2 heterocycles. The van der Waals surface area contributed by atoms with Crippen LogP contribution in [0.1, 0.15) is 26.2 Å². The molecule has 0 spiro atoms. The Labute approximate surface area is 87.0 Å².